The number of rotatable bonds is 12. The summed E-state index contributed by atoms with van der Waals surface area (Å²) in [5.74, 6) is -1.79. The van der Waals surface area contributed by atoms with Gasteiger partial charge in [-0.25, -0.2) is 4.79 Å². The lowest BCUT2D eigenvalue weighted by molar-refractivity contribution is -0.152. The standard InChI is InChI=1S/C38H45NO6/c1-5-45-37(44)34(41)24-39-36(43)30-17-15-29(16-18-30)35(42)32(23-33(40)28-19-21-31(22-20-28)38(2,3)4)27-13-11-26(12-14-27)25-9-7-6-8-10-25/h11-22,25,32,34,41H,5-10,23-24H2,1-4H3,(H,39,43). The molecule has 7 nitrogen and oxygen atoms in total. The van der Waals surface area contributed by atoms with Crippen LogP contribution in [0.2, 0.25) is 0 Å². The normalized spacial score (nSPS) is 15.1. The third-order valence-electron chi connectivity index (χ3n) is 8.64. The van der Waals surface area contributed by atoms with Crippen molar-refractivity contribution in [3.05, 3.63) is 106 Å². The molecule has 1 fully saturated rings. The molecule has 2 atom stereocenters. The van der Waals surface area contributed by atoms with Crippen molar-refractivity contribution in [3.63, 3.8) is 0 Å². The zero-order valence-corrected chi connectivity index (χ0v) is 26.8. The van der Waals surface area contributed by atoms with Gasteiger partial charge in [0.05, 0.1) is 19.1 Å². The summed E-state index contributed by atoms with van der Waals surface area (Å²) in [6.07, 6.45) is 4.64. The number of benzene rings is 3. The quantitative estimate of drug-likeness (QED) is 0.170. The molecule has 2 unspecified atom stereocenters. The highest BCUT2D eigenvalue weighted by Gasteiger charge is 2.27. The number of carbonyl (C=O) groups is 4. The molecule has 0 spiro atoms. The smallest absolute Gasteiger partial charge is 0.336 e. The molecule has 0 bridgehead atoms. The Morgan fingerprint density at radius 3 is 1.98 bits per heavy atom. The fourth-order valence-corrected chi connectivity index (χ4v) is 5.86. The van der Waals surface area contributed by atoms with Crippen LogP contribution in [0.3, 0.4) is 0 Å². The van der Waals surface area contributed by atoms with Crippen molar-refractivity contribution in [1.29, 1.82) is 0 Å². The molecule has 0 saturated heterocycles. The van der Waals surface area contributed by atoms with Crippen LogP contribution in [0.5, 0.6) is 0 Å². The monoisotopic (exact) mass is 611 g/mol. The molecule has 238 valence electrons. The van der Waals surface area contributed by atoms with Gasteiger partial charge in [0.25, 0.3) is 5.91 Å². The first-order valence-corrected chi connectivity index (χ1v) is 16.0. The van der Waals surface area contributed by atoms with E-state index in [1.54, 1.807) is 19.1 Å². The highest BCUT2D eigenvalue weighted by Crippen LogP contribution is 2.34. The van der Waals surface area contributed by atoms with E-state index in [1.165, 1.54) is 49.8 Å². The van der Waals surface area contributed by atoms with E-state index in [-0.39, 0.29) is 42.1 Å². The number of ketones is 2. The van der Waals surface area contributed by atoms with E-state index >= 15 is 0 Å². The Kier molecular flexibility index (Phi) is 11.5. The number of carbonyl (C=O) groups excluding carboxylic acids is 4. The van der Waals surface area contributed by atoms with Crippen molar-refractivity contribution in [2.45, 2.75) is 89.6 Å². The predicted octanol–water partition coefficient (Wildman–Crippen LogP) is 6.93. The second kappa shape index (κ2) is 15.3. The Balaban J connectivity index is 1.53. The van der Waals surface area contributed by atoms with Gasteiger partial charge in [0.1, 0.15) is 0 Å². The zero-order valence-electron chi connectivity index (χ0n) is 26.8. The topological polar surface area (TPSA) is 110 Å². The summed E-state index contributed by atoms with van der Waals surface area (Å²) in [7, 11) is 0. The van der Waals surface area contributed by atoms with Crippen LogP contribution in [0.4, 0.5) is 0 Å². The van der Waals surface area contributed by atoms with Crippen LogP contribution in [0.15, 0.2) is 72.8 Å². The van der Waals surface area contributed by atoms with Crippen LogP contribution in [0, 0.1) is 0 Å². The summed E-state index contributed by atoms with van der Waals surface area (Å²) in [4.78, 5) is 51.8. The molecular formula is C38H45NO6. The largest absolute Gasteiger partial charge is 0.464 e. The van der Waals surface area contributed by atoms with Gasteiger partial charge in [0, 0.05) is 23.1 Å². The lowest BCUT2D eigenvalue weighted by atomic mass is 9.81. The molecule has 1 aliphatic carbocycles. The first kappa shape index (κ1) is 33.8. The van der Waals surface area contributed by atoms with Gasteiger partial charge in [0.15, 0.2) is 17.7 Å². The molecule has 0 aromatic heterocycles. The van der Waals surface area contributed by atoms with E-state index in [0.717, 1.165) is 11.1 Å². The maximum absolute atomic E-state index is 14.0. The SMILES string of the molecule is CCOC(=O)C(O)CNC(=O)c1ccc(C(=O)C(CC(=O)c2ccc(C(C)(C)C)cc2)c2ccc(C3CCCCC3)cc2)cc1. The van der Waals surface area contributed by atoms with Crippen LogP contribution in [0.25, 0.3) is 0 Å². The van der Waals surface area contributed by atoms with Gasteiger partial charge in [-0.15, -0.1) is 0 Å². The minimum atomic E-state index is -1.47. The van der Waals surface area contributed by atoms with Crippen molar-refractivity contribution in [2.24, 2.45) is 0 Å². The summed E-state index contributed by atoms with van der Waals surface area (Å²) < 4.78 is 4.75. The number of hydrogen-bond donors (Lipinski definition) is 2. The summed E-state index contributed by atoms with van der Waals surface area (Å²) in [5, 5.41) is 12.4. The second-order valence-electron chi connectivity index (χ2n) is 12.9. The van der Waals surface area contributed by atoms with Crippen molar-refractivity contribution < 1.29 is 29.0 Å². The average molecular weight is 612 g/mol. The molecule has 2 N–H and O–H groups in total. The number of Topliss-reactive ketones (excluding diaryl/α,β-unsaturated/α-hetero) is 2. The average Bonchev–Trinajstić information content (AvgIpc) is 3.06. The van der Waals surface area contributed by atoms with E-state index in [9.17, 15) is 24.3 Å². The molecule has 0 aliphatic heterocycles. The molecule has 0 heterocycles. The van der Waals surface area contributed by atoms with Crippen molar-refractivity contribution in [3.8, 4) is 0 Å². The summed E-state index contributed by atoms with van der Waals surface area (Å²) >= 11 is 0. The highest BCUT2D eigenvalue weighted by atomic mass is 16.5. The number of amides is 1. The zero-order chi connectivity index (χ0) is 32.6. The van der Waals surface area contributed by atoms with E-state index < -0.39 is 23.9 Å². The number of esters is 1. The lowest BCUT2D eigenvalue weighted by Crippen LogP contribution is -2.37. The molecule has 45 heavy (non-hydrogen) atoms. The maximum Gasteiger partial charge on any atom is 0.336 e. The van der Waals surface area contributed by atoms with Gasteiger partial charge >= 0.3 is 5.97 Å². The Labute approximate surface area is 266 Å². The summed E-state index contributed by atoms with van der Waals surface area (Å²) in [6, 6.07) is 22.0. The first-order valence-electron chi connectivity index (χ1n) is 16.0. The number of ether oxygens (including phenoxy) is 1. The van der Waals surface area contributed by atoms with Crippen LogP contribution in [-0.2, 0) is 14.9 Å². The molecule has 3 aromatic carbocycles. The molecule has 1 saturated carbocycles. The van der Waals surface area contributed by atoms with E-state index in [4.69, 9.17) is 4.74 Å². The van der Waals surface area contributed by atoms with Gasteiger partial charge in [-0.2, -0.15) is 0 Å². The second-order valence-corrected chi connectivity index (χ2v) is 12.9. The van der Waals surface area contributed by atoms with Gasteiger partial charge in [0.2, 0.25) is 0 Å². The Hall–Kier alpha value is -4.10. The van der Waals surface area contributed by atoms with Gasteiger partial charge in [-0.05, 0) is 59.9 Å². The molecule has 7 heteroatoms. The molecule has 1 amide bonds. The first-order chi connectivity index (χ1) is 21.5. The number of aliphatic hydroxyl groups excluding tert-OH is 1. The van der Waals surface area contributed by atoms with Crippen LogP contribution >= 0.6 is 0 Å². The van der Waals surface area contributed by atoms with Crippen molar-refractivity contribution in [1.82, 2.24) is 5.32 Å². The molecular weight excluding hydrogens is 566 g/mol. The molecule has 0 radical (unpaired) electrons. The third-order valence-corrected chi connectivity index (χ3v) is 8.64. The van der Waals surface area contributed by atoms with Gasteiger partial charge in [-0.3, -0.25) is 14.4 Å². The summed E-state index contributed by atoms with van der Waals surface area (Å²) in [6.45, 7) is 7.82. The predicted molar refractivity (Wildman–Crippen MR) is 175 cm³/mol. The van der Waals surface area contributed by atoms with E-state index in [2.05, 4.69) is 38.2 Å². The Morgan fingerprint density at radius 1 is 0.822 bits per heavy atom. The molecule has 3 aromatic rings. The number of nitrogens with one attached hydrogen (secondary N) is 1. The lowest BCUT2D eigenvalue weighted by Gasteiger charge is -2.23. The summed E-state index contributed by atoms with van der Waals surface area (Å²) in [5.41, 5.74) is 4.37. The third kappa shape index (κ3) is 8.98. The maximum atomic E-state index is 14.0. The number of aliphatic hydroxyl groups is 1. The fraction of sp³-hybridized carbons (Fsp3) is 0.421. The van der Waals surface area contributed by atoms with E-state index in [1.807, 2.05) is 36.4 Å². The highest BCUT2D eigenvalue weighted by molar-refractivity contribution is 6.06. The minimum absolute atomic E-state index is 0.0183. The Bertz CT molecular complexity index is 1460. The molecule has 4 rings (SSSR count). The van der Waals surface area contributed by atoms with E-state index in [0.29, 0.717) is 17.0 Å². The van der Waals surface area contributed by atoms with Crippen LogP contribution in [-0.4, -0.2) is 47.8 Å². The molecule has 1 aliphatic rings. The van der Waals surface area contributed by atoms with Crippen molar-refractivity contribution in [2.75, 3.05) is 13.2 Å². The van der Waals surface area contributed by atoms with Crippen molar-refractivity contribution >= 4 is 23.4 Å². The fourth-order valence-electron chi connectivity index (χ4n) is 5.86. The minimum Gasteiger partial charge on any atom is -0.464 e. The van der Waals surface area contributed by atoms with Crippen LogP contribution in [0.1, 0.15) is 126 Å². The van der Waals surface area contributed by atoms with Crippen LogP contribution < -0.4 is 5.32 Å². The van der Waals surface area contributed by atoms with Gasteiger partial charge < -0.3 is 15.2 Å². The van der Waals surface area contributed by atoms with Gasteiger partial charge in [-0.1, -0.05) is 101 Å². The number of hydrogen-bond acceptors (Lipinski definition) is 6. The Morgan fingerprint density at radius 2 is 1.40 bits per heavy atom.